The fraction of sp³-hybridized carbons (Fsp3) is 1.00. The van der Waals surface area contributed by atoms with Crippen molar-refractivity contribution in [2.24, 2.45) is 0 Å². The van der Waals surface area contributed by atoms with Crippen molar-refractivity contribution in [1.29, 1.82) is 0 Å². The molecule has 0 bridgehead atoms. The van der Waals surface area contributed by atoms with E-state index in [1.807, 2.05) is 0 Å². The van der Waals surface area contributed by atoms with Crippen molar-refractivity contribution in [1.82, 2.24) is 0 Å². The summed E-state index contributed by atoms with van der Waals surface area (Å²) < 4.78 is 0. The third-order valence-corrected chi connectivity index (χ3v) is 0. The molecule has 0 saturated heterocycles. The van der Waals surface area contributed by atoms with E-state index in [0.29, 0.717) is 0 Å². The van der Waals surface area contributed by atoms with Crippen molar-refractivity contribution in [3.63, 3.8) is 0 Å². The van der Waals surface area contributed by atoms with E-state index in [0.717, 1.165) is 0 Å². The minimum Gasteiger partial charge on any atom is -0.255 e. The Bertz CT molecular complexity index is 14.1. The van der Waals surface area contributed by atoms with Gasteiger partial charge in [-0.2, -0.15) is 0 Å². The molecule has 0 amide bonds. The van der Waals surface area contributed by atoms with Gasteiger partial charge < -0.3 is 0 Å². The number of hydrogen-bond acceptors (Lipinski definition) is 8. The normalized spacial score (nSPS) is 1.82. The van der Waals surface area contributed by atoms with E-state index >= 15 is 0 Å². The van der Waals surface area contributed by atoms with Gasteiger partial charge in [0.1, 0.15) is 0 Å². The maximum atomic E-state index is 7.00. The summed E-state index contributed by atoms with van der Waals surface area (Å²) in [5, 5.41) is 24.0. The van der Waals surface area contributed by atoms with Gasteiger partial charge in [-0.1, -0.05) is 14.9 Å². The molecule has 0 aliphatic heterocycles. The molecule has 0 unspecified atom stereocenters. The molecule has 8 nitrogen and oxygen atoms in total. The fourth-order valence-electron chi connectivity index (χ4n) is 0. The molecular weight excluding hydrogens is 347 g/mol. The van der Waals surface area contributed by atoms with Crippen LogP contribution in [0.2, 0.25) is 0 Å². The molecule has 9 heteroatoms. The third kappa shape index (κ3) is 7870. The molecule has 0 heterocycles. The predicted molar refractivity (Wildman–Crippen MR) is 37.4 cm³/mol. The Balaban J connectivity index is -0.00000000356. The summed E-state index contributed by atoms with van der Waals surface area (Å²) in [6.45, 7) is 0. The molecule has 78 valence electrons. The Hall–Kier alpha value is -0.272. The molecule has 0 aliphatic rings. The van der Waals surface area contributed by atoms with Gasteiger partial charge in [0, 0.05) is 40.9 Å². The summed E-state index contributed by atoms with van der Waals surface area (Å²) in [6.07, 6.45) is 0. The van der Waals surface area contributed by atoms with Gasteiger partial charge in [-0.15, -0.1) is 0 Å². The first kappa shape index (κ1) is 73.0. The summed E-state index contributed by atoms with van der Waals surface area (Å²) in [6, 6.07) is 0. The standard InChI is InChI=1S/2CH4.2H2O2.2O2.Pt/c;;4*1-2;/h2*1H4;2*1-2H;;;. The predicted octanol–water partition coefficient (Wildman–Crippen LogP) is 1.44. The van der Waals surface area contributed by atoms with E-state index in [-0.39, 0.29) is 35.9 Å². The SMILES string of the molecule is C.C.O=O.O=O.OO.OO.[Pt]. The minimum atomic E-state index is 0. The van der Waals surface area contributed by atoms with Crippen LogP contribution < -0.4 is 0 Å². The molecular formula is C2H12O8Pt. The van der Waals surface area contributed by atoms with Crippen LogP contribution in [0.15, 0.2) is 0 Å². The Labute approximate surface area is 77.4 Å². The molecule has 0 spiro atoms. The van der Waals surface area contributed by atoms with E-state index in [4.69, 9.17) is 40.9 Å². The molecule has 0 aromatic carbocycles. The maximum Gasteiger partial charge on any atom is 0 e. The van der Waals surface area contributed by atoms with Crippen LogP contribution in [-0.4, -0.2) is 21.0 Å². The number of rotatable bonds is 0. The van der Waals surface area contributed by atoms with Gasteiger partial charge in [-0.3, -0.25) is 21.0 Å². The van der Waals surface area contributed by atoms with Crippen molar-refractivity contribution in [2.45, 2.75) is 14.9 Å². The summed E-state index contributed by atoms with van der Waals surface area (Å²) in [7, 11) is 0. The molecule has 0 atom stereocenters. The molecule has 0 aromatic rings. The van der Waals surface area contributed by atoms with Crippen molar-refractivity contribution < 1.29 is 42.1 Å². The van der Waals surface area contributed by atoms with E-state index in [1.165, 1.54) is 0 Å². The topological polar surface area (TPSA) is 149 Å². The van der Waals surface area contributed by atoms with Gasteiger partial charge in [0.2, 0.25) is 0 Å². The van der Waals surface area contributed by atoms with Crippen LogP contribution in [0.1, 0.15) is 14.9 Å². The summed E-state index contributed by atoms with van der Waals surface area (Å²) >= 11 is 0. The second kappa shape index (κ2) is 10000. The van der Waals surface area contributed by atoms with Crippen LogP contribution in [0.4, 0.5) is 0 Å². The van der Waals surface area contributed by atoms with Gasteiger partial charge in [0.05, 0.1) is 0 Å². The van der Waals surface area contributed by atoms with Crippen LogP contribution in [0, 0.1) is 19.9 Å². The first-order valence-electron chi connectivity index (χ1n) is 0.733. The summed E-state index contributed by atoms with van der Waals surface area (Å²) in [4.78, 5) is 28.0. The summed E-state index contributed by atoms with van der Waals surface area (Å²) in [5.41, 5.74) is 0. The molecule has 0 fully saturated rings. The van der Waals surface area contributed by atoms with E-state index < -0.39 is 0 Å². The molecule has 4 N–H and O–H groups in total. The van der Waals surface area contributed by atoms with Gasteiger partial charge in [-0.25, -0.2) is 0 Å². The van der Waals surface area contributed by atoms with Crippen LogP contribution in [0.25, 0.3) is 0 Å². The van der Waals surface area contributed by atoms with E-state index in [9.17, 15) is 0 Å². The zero-order chi connectivity index (χ0) is 8.00. The van der Waals surface area contributed by atoms with Crippen LogP contribution >= 0.6 is 0 Å². The van der Waals surface area contributed by atoms with Gasteiger partial charge in [0.15, 0.2) is 0 Å². The molecule has 0 saturated carbocycles. The fourth-order valence-corrected chi connectivity index (χ4v) is 0. The molecule has 0 aliphatic carbocycles. The monoisotopic (exact) mass is 359 g/mol. The molecule has 0 rings (SSSR count). The second-order valence-corrected chi connectivity index (χ2v) is 0. The van der Waals surface area contributed by atoms with Crippen molar-refractivity contribution >= 4 is 0 Å². The van der Waals surface area contributed by atoms with Crippen LogP contribution in [0.5, 0.6) is 0 Å². The summed E-state index contributed by atoms with van der Waals surface area (Å²) in [5.74, 6) is 0. The molecule has 0 radical (unpaired) electrons. The van der Waals surface area contributed by atoms with E-state index in [1.54, 1.807) is 0 Å². The average Bonchev–Trinajstić information content (AvgIpc) is 2.03. The van der Waals surface area contributed by atoms with Crippen LogP contribution in [-0.2, 0) is 21.1 Å². The van der Waals surface area contributed by atoms with E-state index in [2.05, 4.69) is 0 Å². The first-order chi connectivity index (χ1) is 4.00. The van der Waals surface area contributed by atoms with Crippen molar-refractivity contribution in [3.8, 4) is 0 Å². The Morgan fingerprint density at radius 1 is 0.545 bits per heavy atom. The Kier molecular flexibility index (Phi) is 66700. The molecule has 11 heavy (non-hydrogen) atoms. The zero-order valence-electron chi connectivity index (χ0n) is 3.74. The van der Waals surface area contributed by atoms with Crippen molar-refractivity contribution in [3.05, 3.63) is 19.9 Å². The quantitative estimate of drug-likeness (QED) is 0.375. The maximum absolute atomic E-state index is 7.00. The van der Waals surface area contributed by atoms with Gasteiger partial charge >= 0.3 is 0 Å². The van der Waals surface area contributed by atoms with Gasteiger partial charge in [0.25, 0.3) is 0 Å². The largest absolute Gasteiger partial charge is 0.255 e. The average molecular weight is 359 g/mol. The Morgan fingerprint density at radius 2 is 0.545 bits per heavy atom. The van der Waals surface area contributed by atoms with Crippen LogP contribution in [0.3, 0.4) is 0 Å². The molecule has 0 aromatic heterocycles. The van der Waals surface area contributed by atoms with Gasteiger partial charge in [-0.05, 0) is 0 Å². The Morgan fingerprint density at radius 3 is 0.545 bits per heavy atom. The zero-order valence-corrected chi connectivity index (χ0v) is 6.01. The first-order valence-corrected chi connectivity index (χ1v) is 0.733. The van der Waals surface area contributed by atoms with Crippen molar-refractivity contribution in [2.75, 3.05) is 0 Å². The smallest absolute Gasteiger partial charge is 0 e. The minimum absolute atomic E-state index is 0. The third-order valence-electron chi connectivity index (χ3n) is 0. The number of hydrogen-bond donors (Lipinski definition) is 4. The second-order valence-electron chi connectivity index (χ2n) is 0.